The van der Waals surface area contributed by atoms with Gasteiger partial charge in [0, 0.05) is 10.6 Å². The highest BCUT2D eigenvalue weighted by Gasteiger charge is 2.29. The third-order valence-corrected chi connectivity index (χ3v) is 2.93. The maximum absolute atomic E-state index is 10.1. The van der Waals surface area contributed by atoms with Crippen molar-refractivity contribution in [2.45, 2.75) is 26.9 Å². The lowest BCUT2D eigenvalue weighted by molar-refractivity contribution is 0.0876. The van der Waals surface area contributed by atoms with Crippen molar-refractivity contribution in [3.8, 4) is 0 Å². The molecule has 0 fully saturated rings. The average Bonchev–Trinajstić information content (AvgIpc) is 2.17. The summed E-state index contributed by atoms with van der Waals surface area (Å²) in [7, 11) is 0. The Kier molecular flexibility index (Phi) is 3.20. The molecule has 2 nitrogen and oxygen atoms in total. The molecule has 1 unspecified atom stereocenters. The smallest absolute Gasteiger partial charge is 0.108 e. The molecule has 0 saturated carbocycles. The van der Waals surface area contributed by atoms with Crippen molar-refractivity contribution < 1.29 is 10.2 Å². The Hall–Kier alpha value is -1.28. The van der Waals surface area contributed by atoms with E-state index in [0.717, 1.165) is 5.22 Å². The molecule has 82 valence electrons. The summed E-state index contributed by atoms with van der Waals surface area (Å²) in [5.74, 6) is 0.183. The Bertz CT molecular complexity index is 444. The van der Waals surface area contributed by atoms with Crippen LogP contribution in [0.2, 0.25) is 0 Å². The summed E-state index contributed by atoms with van der Waals surface area (Å²) in [6.45, 7) is 9.13. The van der Waals surface area contributed by atoms with Gasteiger partial charge in [0.05, 0.1) is 6.10 Å². The monoisotopic (exact) mass is 206 g/mol. The molecule has 1 aromatic rings. The van der Waals surface area contributed by atoms with Crippen LogP contribution >= 0.6 is 0 Å². The van der Waals surface area contributed by atoms with Crippen LogP contribution in [-0.4, -0.2) is 16.3 Å². The van der Waals surface area contributed by atoms with Gasteiger partial charge in [-0.15, -0.1) is 0 Å². The fourth-order valence-corrected chi connectivity index (χ4v) is 1.30. The molecule has 1 atom stereocenters. The minimum Gasteiger partial charge on any atom is -0.511 e. The van der Waals surface area contributed by atoms with E-state index in [0.29, 0.717) is 5.22 Å². The molecule has 0 spiro atoms. The molecule has 1 rings (SSSR count). The molecule has 0 aliphatic heterocycles. The van der Waals surface area contributed by atoms with Gasteiger partial charge in [0.25, 0.3) is 0 Å². The van der Waals surface area contributed by atoms with Crippen molar-refractivity contribution in [2.75, 3.05) is 0 Å². The van der Waals surface area contributed by atoms with E-state index in [1.54, 1.807) is 20.8 Å². The first kappa shape index (κ1) is 11.8. The second kappa shape index (κ2) is 4.07. The summed E-state index contributed by atoms with van der Waals surface area (Å²) in [6.07, 6.45) is -0.614. The molecule has 2 heteroatoms. The maximum Gasteiger partial charge on any atom is 0.108 e. The Morgan fingerprint density at radius 1 is 1.33 bits per heavy atom. The van der Waals surface area contributed by atoms with Crippen molar-refractivity contribution in [3.05, 3.63) is 34.7 Å². The molecular formula is C13H18O2. The van der Waals surface area contributed by atoms with Crippen LogP contribution in [0.25, 0.3) is 12.3 Å². The molecular weight excluding hydrogens is 188 g/mol. The van der Waals surface area contributed by atoms with Gasteiger partial charge in [0.15, 0.2) is 0 Å². The Labute approximate surface area is 90.2 Å². The van der Waals surface area contributed by atoms with E-state index in [9.17, 15) is 10.2 Å². The summed E-state index contributed by atoms with van der Waals surface area (Å²) in [4.78, 5) is 0. The lowest BCUT2D eigenvalue weighted by Crippen LogP contribution is -2.36. The molecule has 0 aliphatic rings. The first-order chi connectivity index (χ1) is 6.87. The molecule has 0 aromatic heterocycles. The van der Waals surface area contributed by atoms with E-state index in [1.807, 2.05) is 24.3 Å². The third kappa shape index (κ3) is 2.21. The Morgan fingerprint density at radius 3 is 2.33 bits per heavy atom. The van der Waals surface area contributed by atoms with Gasteiger partial charge in [-0.1, -0.05) is 44.7 Å². The van der Waals surface area contributed by atoms with E-state index in [4.69, 9.17) is 0 Å². The van der Waals surface area contributed by atoms with E-state index in [1.165, 1.54) is 0 Å². The number of aliphatic hydroxyl groups is 2. The number of hydrogen-bond acceptors (Lipinski definition) is 2. The highest BCUT2D eigenvalue weighted by atomic mass is 16.3. The number of aliphatic hydroxyl groups excluding tert-OH is 2. The molecule has 0 aliphatic carbocycles. The van der Waals surface area contributed by atoms with E-state index in [-0.39, 0.29) is 5.76 Å². The highest BCUT2D eigenvalue weighted by molar-refractivity contribution is 5.43. The predicted molar refractivity (Wildman–Crippen MR) is 62.7 cm³/mol. The summed E-state index contributed by atoms with van der Waals surface area (Å²) in [5.41, 5.74) is -0.659. The maximum atomic E-state index is 10.1. The molecule has 1 aromatic carbocycles. The third-order valence-electron chi connectivity index (χ3n) is 2.93. The van der Waals surface area contributed by atoms with Crippen molar-refractivity contribution in [2.24, 2.45) is 5.41 Å². The highest BCUT2D eigenvalue weighted by Crippen LogP contribution is 2.28. The summed E-state index contributed by atoms with van der Waals surface area (Å²) in [5, 5.41) is 21.2. The van der Waals surface area contributed by atoms with Crippen LogP contribution in [0.3, 0.4) is 0 Å². The number of benzene rings is 1. The lowest BCUT2D eigenvalue weighted by atomic mass is 9.84. The van der Waals surface area contributed by atoms with Crippen LogP contribution in [0, 0.1) is 5.41 Å². The number of hydrogen-bond donors (Lipinski definition) is 2. The van der Waals surface area contributed by atoms with E-state index >= 15 is 0 Å². The van der Waals surface area contributed by atoms with Gasteiger partial charge in [0.1, 0.15) is 5.76 Å². The van der Waals surface area contributed by atoms with Gasteiger partial charge >= 0.3 is 0 Å². The molecule has 0 saturated heterocycles. The molecule has 0 bridgehead atoms. The molecule has 0 radical (unpaired) electrons. The fourth-order valence-electron chi connectivity index (χ4n) is 1.30. The summed E-state index contributed by atoms with van der Waals surface area (Å²) in [6, 6.07) is 7.36. The van der Waals surface area contributed by atoms with Gasteiger partial charge in [-0.25, -0.2) is 0 Å². The van der Waals surface area contributed by atoms with Gasteiger partial charge in [-0.05, 0) is 12.1 Å². The van der Waals surface area contributed by atoms with Crippen LogP contribution in [0.5, 0.6) is 0 Å². The molecule has 15 heavy (non-hydrogen) atoms. The largest absolute Gasteiger partial charge is 0.511 e. The first-order valence-electron chi connectivity index (χ1n) is 5.03. The zero-order valence-corrected chi connectivity index (χ0v) is 9.49. The second-order valence-electron chi connectivity index (χ2n) is 4.40. The van der Waals surface area contributed by atoms with Crippen LogP contribution in [0.15, 0.2) is 24.3 Å². The first-order valence-corrected chi connectivity index (χ1v) is 5.03. The van der Waals surface area contributed by atoms with Crippen molar-refractivity contribution in [1.82, 2.24) is 0 Å². The van der Waals surface area contributed by atoms with Crippen molar-refractivity contribution in [1.29, 1.82) is 0 Å². The normalized spacial score (nSPS) is 16.0. The van der Waals surface area contributed by atoms with Crippen molar-refractivity contribution in [3.63, 3.8) is 0 Å². The number of rotatable bonds is 2. The van der Waals surface area contributed by atoms with E-state index in [2.05, 4.69) is 6.58 Å². The van der Waals surface area contributed by atoms with Crippen LogP contribution < -0.4 is 10.4 Å². The SMILES string of the molecule is C=c1cccc/c1=C(\O)C(C)(C)C(C)O. The van der Waals surface area contributed by atoms with Crippen LogP contribution in [-0.2, 0) is 0 Å². The molecule has 0 heterocycles. The quantitative estimate of drug-likeness (QED) is 0.762. The molecule has 2 N–H and O–H groups in total. The summed E-state index contributed by atoms with van der Waals surface area (Å²) >= 11 is 0. The Balaban J connectivity index is 3.47. The average molecular weight is 206 g/mol. The van der Waals surface area contributed by atoms with Gasteiger partial charge in [-0.3, -0.25) is 0 Å². The topological polar surface area (TPSA) is 40.5 Å². The predicted octanol–water partition coefficient (Wildman–Crippen LogP) is 1.17. The van der Waals surface area contributed by atoms with Crippen molar-refractivity contribution >= 4 is 12.3 Å². The zero-order chi connectivity index (χ0) is 11.6. The van der Waals surface area contributed by atoms with Gasteiger partial charge in [-0.2, -0.15) is 0 Å². The van der Waals surface area contributed by atoms with Crippen LogP contribution in [0.4, 0.5) is 0 Å². The minimum absolute atomic E-state index is 0.183. The Morgan fingerprint density at radius 2 is 1.87 bits per heavy atom. The molecule has 0 amide bonds. The fraction of sp³-hybridized carbons (Fsp3) is 0.385. The van der Waals surface area contributed by atoms with Gasteiger partial charge in [0.2, 0.25) is 0 Å². The summed E-state index contributed by atoms with van der Waals surface area (Å²) < 4.78 is 0. The second-order valence-corrected chi connectivity index (χ2v) is 4.40. The lowest BCUT2D eigenvalue weighted by Gasteiger charge is -2.27. The minimum atomic E-state index is -0.659. The standard InChI is InChI=1S/C13H18O2/c1-9-7-5-6-8-11(9)12(15)13(3,4)10(2)14/h5-8,10,14-15H,1H2,2-4H3/b12-11+. The van der Waals surface area contributed by atoms with E-state index < -0.39 is 11.5 Å². The van der Waals surface area contributed by atoms with Crippen LogP contribution in [0.1, 0.15) is 20.8 Å². The van der Waals surface area contributed by atoms with Gasteiger partial charge < -0.3 is 10.2 Å². The zero-order valence-electron chi connectivity index (χ0n) is 9.49.